The Bertz CT molecular complexity index is 1400. The third-order valence-electron chi connectivity index (χ3n) is 5.22. The van der Waals surface area contributed by atoms with Crippen molar-refractivity contribution in [1.29, 1.82) is 0 Å². The number of fused-ring (bicyclic) bond motifs is 1. The first kappa shape index (κ1) is 24.0. The number of carbonyl (C=O) groups is 1. The zero-order valence-electron chi connectivity index (χ0n) is 19.5. The second-order valence-electron chi connectivity index (χ2n) is 7.39. The average molecular weight is 499 g/mol. The van der Waals surface area contributed by atoms with E-state index in [1.54, 1.807) is 29.8 Å². The standard InChI is InChI=1S/C25H26N2O5S2/c1-5-30-18-11-10-16(13-19(18)31-6-2)22-21(24(29)32-7-3)15(4)26-25-27(22)23(28)20(34-25)14-17-9-8-12-33-17/h8-14,22H,5-7H2,1-4H3/b20-14-/t22-/m1/s1. The van der Waals surface area contributed by atoms with Crippen LogP contribution in [0.3, 0.4) is 0 Å². The number of hydrogen-bond donors (Lipinski definition) is 0. The van der Waals surface area contributed by atoms with Gasteiger partial charge in [0.2, 0.25) is 0 Å². The molecule has 34 heavy (non-hydrogen) atoms. The molecule has 0 aliphatic carbocycles. The maximum atomic E-state index is 13.6. The Hall–Kier alpha value is -3.17. The fraction of sp³-hybridized carbons (Fsp3) is 0.320. The molecular weight excluding hydrogens is 472 g/mol. The number of esters is 1. The summed E-state index contributed by atoms with van der Waals surface area (Å²) in [6, 6.07) is 8.69. The first-order valence-corrected chi connectivity index (χ1v) is 12.8. The Morgan fingerprint density at radius 2 is 1.88 bits per heavy atom. The number of nitrogens with zero attached hydrogens (tertiary/aromatic N) is 2. The minimum atomic E-state index is -0.698. The van der Waals surface area contributed by atoms with Crippen molar-refractivity contribution in [2.45, 2.75) is 33.7 Å². The maximum Gasteiger partial charge on any atom is 0.338 e. The minimum Gasteiger partial charge on any atom is -0.490 e. The van der Waals surface area contributed by atoms with Gasteiger partial charge in [0.25, 0.3) is 5.56 Å². The van der Waals surface area contributed by atoms with Crippen LogP contribution in [0.1, 0.15) is 44.2 Å². The van der Waals surface area contributed by atoms with Crippen molar-refractivity contribution in [3.63, 3.8) is 0 Å². The smallest absolute Gasteiger partial charge is 0.338 e. The molecule has 4 rings (SSSR count). The van der Waals surface area contributed by atoms with E-state index in [0.717, 1.165) is 4.88 Å². The predicted molar refractivity (Wildman–Crippen MR) is 133 cm³/mol. The summed E-state index contributed by atoms with van der Waals surface area (Å²) in [6.45, 7) is 8.48. The summed E-state index contributed by atoms with van der Waals surface area (Å²) >= 11 is 2.86. The Morgan fingerprint density at radius 3 is 2.56 bits per heavy atom. The number of hydrogen-bond acceptors (Lipinski definition) is 8. The van der Waals surface area contributed by atoms with Crippen LogP contribution in [0.4, 0.5) is 0 Å². The molecule has 1 aliphatic rings. The molecule has 9 heteroatoms. The molecule has 0 saturated carbocycles. The van der Waals surface area contributed by atoms with E-state index in [1.165, 1.54) is 11.3 Å². The van der Waals surface area contributed by atoms with Gasteiger partial charge in [-0.2, -0.15) is 0 Å². The molecule has 2 aromatic heterocycles. The summed E-state index contributed by atoms with van der Waals surface area (Å²) in [6.07, 6.45) is 1.86. The lowest BCUT2D eigenvalue weighted by molar-refractivity contribution is -0.139. The second-order valence-corrected chi connectivity index (χ2v) is 9.38. The Labute approximate surface area is 205 Å². The summed E-state index contributed by atoms with van der Waals surface area (Å²) in [4.78, 5) is 32.8. The molecular formula is C25H26N2O5S2. The third kappa shape index (κ3) is 4.58. The number of carbonyl (C=O) groups excluding carboxylic acids is 1. The van der Waals surface area contributed by atoms with Crippen LogP contribution in [0.15, 0.2) is 56.8 Å². The van der Waals surface area contributed by atoms with Gasteiger partial charge in [-0.15, -0.1) is 11.3 Å². The van der Waals surface area contributed by atoms with E-state index < -0.39 is 12.0 Å². The van der Waals surface area contributed by atoms with Gasteiger partial charge in [0.1, 0.15) is 0 Å². The number of aromatic nitrogens is 1. The highest BCUT2D eigenvalue weighted by Crippen LogP contribution is 2.36. The molecule has 1 atom stereocenters. The number of ether oxygens (including phenoxy) is 3. The number of thiazole rings is 1. The molecule has 0 spiro atoms. The zero-order valence-corrected chi connectivity index (χ0v) is 21.1. The Kier molecular flexibility index (Phi) is 7.33. The molecule has 3 heterocycles. The van der Waals surface area contributed by atoms with Crippen LogP contribution in [-0.2, 0) is 9.53 Å². The van der Waals surface area contributed by atoms with Crippen molar-refractivity contribution in [2.75, 3.05) is 19.8 Å². The molecule has 0 radical (unpaired) electrons. The van der Waals surface area contributed by atoms with Crippen LogP contribution >= 0.6 is 22.7 Å². The van der Waals surface area contributed by atoms with Gasteiger partial charge in [0.05, 0.1) is 41.7 Å². The molecule has 0 fully saturated rings. The van der Waals surface area contributed by atoms with E-state index >= 15 is 0 Å². The quantitative estimate of drug-likeness (QED) is 0.443. The summed E-state index contributed by atoms with van der Waals surface area (Å²) in [5, 5.41) is 1.96. The van der Waals surface area contributed by atoms with Crippen LogP contribution in [0.2, 0.25) is 0 Å². The molecule has 0 unspecified atom stereocenters. The maximum absolute atomic E-state index is 13.6. The molecule has 3 aromatic rings. The van der Waals surface area contributed by atoms with Crippen molar-refractivity contribution in [3.05, 3.63) is 77.1 Å². The summed E-state index contributed by atoms with van der Waals surface area (Å²) in [5.74, 6) is 0.671. The van der Waals surface area contributed by atoms with E-state index in [0.29, 0.717) is 50.9 Å². The van der Waals surface area contributed by atoms with Crippen molar-refractivity contribution in [3.8, 4) is 11.5 Å². The lowest BCUT2D eigenvalue weighted by Gasteiger charge is -2.25. The topological polar surface area (TPSA) is 79.1 Å². The third-order valence-corrected chi connectivity index (χ3v) is 7.02. The minimum absolute atomic E-state index is 0.205. The number of rotatable bonds is 8. The van der Waals surface area contributed by atoms with Gasteiger partial charge >= 0.3 is 5.97 Å². The molecule has 1 aliphatic heterocycles. The molecule has 7 nitrogen and oxygen atoms in total. The lowest BCUT2D eigenvalue weighted by Crippen LogP contribution is -2.39. The van der Waals surface area contributed by atoms with Crippen LogP contribution in [0.25, 0.3) is 6.08 Å². The number of thiophene rings is 1. The van der Waals surface area contributed by atoms with Crippen LogP contribution in [-0.4, -0.2) is 30.4 Å². The molecule has 1 aromatic carbocycles. The highest BCUT2D eigenvalue weighted by Gasteiger charge is 2.34. The number of allylic oxidation sites excluding steroid dienone is 1. The molecule has 0 bridgehead atoms. The first-order valence-electron chi connectivity index (χ1n) is 11.1. The van der Waals surface area contributed by atoms with Crippen molar-refractivity contribution in [2.24, 2.45) is 4.99 Å². The van der Waals surface area contributed by atoms with Crippen LogP contribution < -0.4 is 24.4 Å². The van der Waals surface area contributed by atoms with Crippen molar-refractivity contribution < 1.29 is 19.0 Å². The second kappa shape index (κ2) is 10.4. The molecule has 178 valence electrons. The van der Waals surface area contributed by atoms with E-state index in [4.69, 9.17) is 14.2 Å². The summed E-state index contributed by atoms with van der Waals surface area (Å²) in [5.41, 5.74) is 1.37. The Balaban J connectivity index is 1.95. The largest absolute Gasteiger partial charge is 0.490 e. The van der Waals surface area contributed by atoms with Crippen LogP contribution in [0, 0.1) is 0 Å². The van der Waals surface area contributed by atoms with E-state index in [-0.39, 0.29) is 12.2 Å². The highest BCUT2D eigenvalue weighted by molar-refractivity contribution is 7.11. The van der Waals surface area contributed by atoms with Crippen LogP contribution in [0.5, 0.6) is 11.5 Å². The normalized spacial score (nSPS) is 15.6. The first-order chi connectivity index (χ1) is 16.5. The van der Waals surface area contributed by atoms with Crippen molar-refractivity contribution >= 4 is 34.7 Å². The van der Waals surface area contributed by atoms with Gasteiger partial charge in [-0.25, -0.2) is 9.79 Å². The van der Waals surface area contributed by atoms with Crippen molar-refractivity contribution in [1.82, 2.24) is 4.57 Å². The predicted octanol–water partition coefficient (Wildman–Crippen LogP) is 3.66. The number of benzene rings is 1. The van der Waals surface area contributed by atoms with Gasteiger partial charge in [0, 0.05) is 4.88 Å². The summed E-state index contributed by atoms with van der Waals surface area (Å²) in [7, 11) is 0. The van der Waals surface area contributed by atoms with Gasteiger partial charge in [-0.05, 0) is 62.9 Å². The monoisotopic (exact) mass is 498 g/mol. The SMILES string of the molecule is CCOC(=O)C1=C(C)N=c2s/c(=C\c3cccs3)c(=O)n2[C@@H]1c1ccc(OCC)c(OCC)c1. The van der Waals surface area contributed by atoms with E-state index in [1.807, 2.05) is 55.6 Å². The average Bonchev–Trinajstić information content (AvgIpc) is 3.43. The van der Waals surface area contributed by atoms with Gasteiger partial charge in [-0.3, -0.25) is 9.36 Å². The fourth-order valence-corrected chi connectivity index (χ4v) is 5.62. The van der Waals surface area contributed by atoms with E-state index in [2.05, 4.69) is 4.99 Å². The summed E-state index contributed by atoms with van der Waals surface area (Å²) < 4.78 is 19.0. The zero-order chi connectivity index (χ0) is 24.2. The molecule has 0 amide bonds. The Morgan fingerprint density at radius 1 is 1.12 bits per heavy atom. The molecule has 0 N–H and O–H groups in total. The van der Waals surface area contributed by atoms with Gasteiger partial charge < -0.3 is 14.2 Å². The van der Waals surface area contributed by atoms with Gasteiger partial charge in [-0.1, -0.05) is 23.5 Å². The highest BCUT2D eigenvalue weighted by atomic mass is 32.1. The van der Waals surface area contributed by atoms with Gasteiger partial charge in [0.15, 0.2) is 16.3 Å². The van der Waals surface area contributed by atoms with E-state index in [9.17, 15) is 9.59 Å². The lowest BCUT2D eigenvalue weighted by atomic mass is 9.95. The molecule has 0 saturated heterocycles. The fourth-order valence-electron chi connectivity index (χ4n) is 3.85.